The lowest BCUT2D eigenvalue weighted by Gasteiger charge is -2.01. The Hall–Kier alpha value is -1.39. The lowest BCUT2D eigenvalue weighted by Crippen LogP contribution is -2.25. The standard InChI is InChI=1S/C10H17N3O2.H2/c1-7(2)5-4-6-11-8-9(14)13(3)10(15)12-8;/h7H,4-6H2,1-3H3,(H,11,12,15);1H. The molecule has 1 rings (SSSR count). The van der Waals surface area contributed by atoms with Crippen LogP contribution in [0.2, 0.25) is 0 Å². The summed E-state index contributed by atoms with van der Waals surface area (Å²) < 4.78 is 0. The van der Waals surface area contributed by atoms with Crippen LogP contribution in [-0.2, 0) is 4.79 Å². The molecule has 1 saturated heterocycles. The largest absolute Gasteiger partial charge is 0.329 e. The summed E-state index contributed by atoms with van der Waals surface area (Å²) in [5, 5.41) is 2.43. The van der Waals surface area contributed by atoms with Gasteiger partial charge < -0.3 is 0 Å². The molecule has 1 fully saturated rings. The van der Waals surface area contributed by atoms with E-state index in [1.54, 1.807) is 0 Å². The van der Waals surface area contributed by atoms with Gasteiger partial charge >= 0.3 is 6.03 Å². The first-order valence-electron chi connectivity index (χ1n) is 5.16. The summed E-state index contributed by atoms with van der Waals surface area (Å²) in [4.78, 5) is 27.5. The zero-order chi connectivity index (χ0) is 11.4. The predicted octanol–water partition coefficient (Wildman–Crippen LogP) is 1.25. The molecule has 15 heavy (non-hydrogen) atoms. The number of nitrogens with zero attached hydrogens (tertiary/aromatic N) is 2. The molecule has 0 atom stereocenters. The highest BCUT2D eigenvalue weighted by Gasteiger charge is 2.31. The number of carbonyl (C=O) groups is 2. The SMILES string of the molecule is CC(C)CCCN=C1NC(=O)N(C)C1=O.[HH]. The van der Waals surface area contributed by atoms with E-state index in [-0.39, 0.29) is 13.2 Å². The topological polar surface area (TPSA) is 61.8 Å². The summed E-state index contributed by atoms with van der Waals surface area (Å²) in [5.41, 5.74) is 0. The number of imide groups is 1. The molecule has 5 nitrogen and oxygen atoms in total. The predicted molar refractivity (Wildman–Crippen MR) is 59.8 cm³/mol. The van der Waals surface area contributed by atoms with Crippen molar-refractivity contribution >= 4 is 17.8 Å². The maximum Gasteiger partial charge on any atom is 0.329 e. The molecule has 5 heteroatoms. The van der Waals surface area contributed by atoms with Crippen molar-refractivity contribution in [1.82, 2.24) is 10.2 Å². The van der Waals surface area contributed by atoms with E-state index in [1.807, 2.05) is 0 Å². The van der Waals surface area contributed by atoms with Gasteiger partial charge in [-0.15, -0.1) is 0 Å². The Balaban J connectivity index is 0.00000225. The number of amides is 3. The minimum atomic E-state index is -0.400. The fourth-order valence-electron chi connectivity index (χ4n) is 1.29. The second kappa shape index (κ2) is 4.91. The molecular weight excluding hydrogens is 194 g/mol. The Labute approximate surface area is 91.0 Å². The smallest absolute Gasteiger partial charge is 0.287 e. The first kappa shape index (κ1) is 11.7. The van der Waals surface area contributed by atoms with Crippen LogP contribution in [-0.4, -0.2) is 36.3 Å². The molecule has 0 radical (unpaired) electrons. The molecule has 0 unspecified atom stereocenters. The molecule has 3 amide bonds. The van der Waals surface area contributed by atoms with Gasteiger partial charge in [-0.1, -0.05) is 13.8 Å². The number of carbonyl (C=O) groups excluding carboxylic acids is 2. The number of urea groups is 1. The zero-order valence-corrected chi connectivity index (χ0v) is 9.41. The van der Waals surface area contributed by atoms with Gasteiger partial charge in [-0.25, -0.2) is 4.79 Å². The molecule has 1 aliphatic heterocycles. The molecule has 1 aliphatic rings. The van der Waals surface area contributed by atoms with E-state index in [0.717, 1.165) is 17.7 Å². The molecule has 0 aliphatic carbocycles. The molecule has 0 saturated carbocycles. The Morgan fingerprint density at radius 1 is 1.47 bits per heavy atom. The highest BCUT2D eigenvalue weighted by atomic mass is 16.2. The number of rotatable bonds is 4. The van der Waals surface area contributed by atoms with E-state index < -0.39 is 6.03 Å². The van der Waals surface area contributed by atoms with Gasteiger partial charge in [0.15, 0.2) is 5.84 Å². The van der Waals surface area contributed by atoms with Crippen molar-refractivity contribution in [2.24, 2.45) is 10.9 Å². The van der Waals surface area contributed by atoms with Crippen molar-refractivity contribution in [3.63, 3.8) is 0 Å². The minimum absolute atomic E-state index is 0. The molecule has 0 spiro atoms. The molecule has 1 N–H and O–H groups in total. The lowest BCUT2D eigenvalue weighted by molar-refractivity contribution is -0.119. The molecular formula is C10H19N3O2. The summed E-state index contributed by atoms with van der Waals surface area (Å²) in [6, 6.07) is -0.400. The van der Waals surface area contributed by atoms with Crippen molar-refractivity contribution in [2.75, 3.05) is 13.6 Å². The van der Waals surface area contributed by atoms with Gasteiger partial charge in [0.2, 0.25) is 0 Å². The Morgan fingerprint density at radius 2 is 2.13 bits per heavy atom. The fraction of sp³-hybridized carbons (Fsp3) is 0.700. The van der Waals surface area contributed by atoms with Crippen molar-refractivity contribution in [3.8, 4) is 0 Å². The van der Waals surface area contributed by atoms with Gasteiger partial charge in [-0.2, -0.15) is 0 Å². The maximum atomic E-state index is 11.4. The van der Waals surface area contributed by atoms with Gasteiger partial charge in [-0.3, -0.25) is 20.0 Å². The van der Waals surface area contributed by atoms with Crippen LogP contribution in [0.15, 0.2) is 4.99 Å². The maximum absolute atomic E-state index is 11.4. The summed E-state index contributed by atoms with van der Waals surface area (Å²) in [6.07, 6.45) is 2.02. The number of aliphatic imine (C=N–C) groups is 1. The average molecular weight is 213 g/mol. The lowest BCUT2D eigenvalue weighted by atomic mass is 10.1. The number of hydrogen-bond donors (Lipinski definition) is 1. The van der Waals surface area contributed by atoms with Crippen LogP contribution in [0.25, 0.3) is 0 Å². The Kier molecular flexibility index (Phi) is 3.82. The van der Waals surface area contributed by atoms with E-state index >= 15 is 0 Å². The average Bonchev–Trinajstić information content (AvgIpc) is 2.41. The monoisotopic (exact) mass is 213 g/mol. The van der Waals surface area contributed by atoms with E-state index in [4.69, 9.17) is 0 Å². The number of amidine groups is 1. The van der Waals surface area contributed by atoms with Crippen LogP contribution in [0.1, 0.15) is 28.1 Å². The summed E-state index contributed by atoms with van der Waals surface area (Å²) >= 11 is 0. The normalized spacial score (nSPS) is 19.2. The number of nitrogens with one attached hydrogen (secondary N) is 1. The van der Waals surface area contributed by atoms with Gasteiger partial charge in [0, 0.05) is 15.0 Å². The first-order valence-corrected chi connectivity index (χ1v) is 5.16. The van der Waals surface area contributed by atoms with Crippen LogP contribution in [0.4, 0.5) is 4.79 Å². The Morgan fingerprint density at radius 3 is 2.60 bits per heavy atom. The second-order valence-electron chi connectivity index (χ2n) is 4.06. The van der Waals surface area contributed by atoms with E-state index in [2.05, 4.69) is 24.2 Å². The Bertz CT molecular complexity index is 302. The van der Waals surface area contributed by atoms with Crippen LogP contribution >= 0.6 is 0 Å². The second-order valence-corrected chi connectivity index (χ2v) is 4.06. The molecule has 0 aromatic rings. The number of hydrogen-bond acceptors (Lipinski definition) is 3. The van der Waals surface area contributed by atoms with Gasteiger partial charge in [0.1, 0.15) is 0 Å². The van der Waals surface area contributed by atoms with Crippen LogP contribution in [0, 0.1) is 5.92 Å². The fourth-order valence-corrected chi connectivity index (χ4v) is 1.29. The number of likely N-dealkylation sites (N-methyl/N-ethyl adjacent to an activating group) is 1. The molecule has 0 aromatic heterocycles. The third kappa shape index (κ3) is 3.04. The van der Waals surface area contributed by atoms with Crippen molar-refractivity contribution in [3.05, 3.63) is 0 Å². The third-order valence-corrected chi connectivity index (χ3v) is 2.25. The summed E-state index contributed by atoms with van der Waals surface area (Å²) in [5.74, 6) is 0.470. The van der Waals surface area contributed by atoms with Crippen molar-refractivity contribution in [1.29, 1.82) is 0 Å². The third-order valence-electron chi connectivity index (χ3n) is 2.25. The summed E-state index contributed by atoms with van der Waals surface area (Å²) in [7, 11) is 1.44. The van der Waals surface area contributed by atoms with Gasteiger partial charge in [0.25, 0.3) is 5.91 Å². The molecule has 1 heterocycles. The quantitative estimate of drug-likeness (QED) is 0.564. The van der Waals surface area contributed by atoms with E-state index in [1.165, 1.54) is 7.05 Å². The van der Waals surface area contributed by atoms with Crippen LogP contribution < -0.4 is 5.32 Å². The molecule has 86 valence electrons. The first-order chi connectivity index (χ1) is 7.02. The van der Waals surface area contributed by atoms with E-state index in [0.29, 0.717) is 12.5 Å². The van der Waals surface area contributed by atoms with Crippen LogP contribution in [0.3, 0.4) is 0 Å². The zero-order valence-electron chi connectivity index (χ0n) is 9.41. The van der Waals surface area contributed by atoms with Crippen LogP contribution in [0.5, 0.6) is 0 Å². The highest BCUT2D eigenvalue weighted by molar-refractivity contribution is 6.46. The summed E-state index contributed by atoms with van der Waals surface area (Å²) in [6.45, 7) is 4.88. The van der Waals surface area contributed by atoms with Crippen molar-refractivity contribution in [2.45, 2.75) is 26.7 Å². The van der Waals surface area contributed by atoms with E-state index in [9.17, 15) is 9.59 Å². The van der Waals surface area contributed by atoms with Gasteiger partial charge in [0.05, 0.1) is 0 Å². The molecule has 0 aromatic carbocycles. The van der Waals surface area contributed by atoms with Gasteiger partial charge in [-0.05, 0) is 18.8 Å². The minimum Gasteiger partial charge on any atom is -0.287 e. The van der Waals surface area contributed by atoms with Crippen molar-refractivity contribution < 1.29 is 11.0 Å². The molecule has 0 bridgehead atoms. The highest BCUT2D eigenvalue weighted by Crippen LogP contribution is 2.04.